The summed E-state index contributed by atoms with van der Waals surface area (Å²) in [6.07, 6.45) is 1.56. The van der Waals surface area contributed by atoms with Crippen LogP contribution in [0.4, 0.5) is 4.39 Å². The molecule has 1 aromatic carbocycles. The van der Waals surface area contributed by atoms with Gasteiger partial charge in [-0.1, -0.05) is 38.1 Å². The molecule has 0 fully saturated rings. The summed E-state index contributed by atoms with van der Waals surface area (Å²) < 4.78 is 13.6. The molecule has 0 aliphatic heterocycles. The van der Waals surface area contributed by atoms with Crippen LogP contribution in [0.2, 0.25) is 0 Å². The van der Waals surface area contributed by atoms with Crippen molar-refractivity contribution in [1.82, 2.24) is 4.98 Å². The Morgan fingerprint density at radius 2 is 1.67 bits per heavy atom. The molecule has 0 spiro atoms. The van der Waals surface area contributed by atoms with Gasteiger partial charge in [-0.3, -0.25) is 4.98 Å². The Morgan fingerprint density at radius 1 is 1.06 bits per heavy atom. The van der Waals surface area contributed by atoms with Crippen LogP contribution in [-0.4, -0.2) is 4.98 Å². The maximum Gasteiger partial charge on any atom is 0.146 e. The van der Waals surface area contributed by atoms with Gasteiger partial charge in [0.1, 0.15) is 5.82 Å². The molecule has 18 heavy (non-hydrogen) atoms. The Hall–Kier alpha value is -1.74. The molecule has 1 heterocycles. The minimum atomic E-state index is -0.521. The van der Waals surface area contributed by atoms with Gasteiger partial charge in [-0.05, 0) is 29.2 Å². The zero-order valence-electron chi connectivity index (χ0n) is 10.6. The Balaban J connectivity index is 2.29. The van der Waals surface area contributed by atoms with E-state index in [1.165, 1.54) is 11.6 Å². The van der Waals surface area contributed by atoms with Crippen LogP contribution in [0, 0.1) is 5.82 Å². The van der Waals surface area contributed by atoms with Crippen LogP contribution in [0.15, 0.2) is 42.6 Å². The summed E-state index contributed by atoms with van der Waals surface area (Å²) in [7, 11) is 0. The summed E-state index contributed by atoms with van der Waals surface area (Å²) in [5.41, 5.74) is 8.44. The molecule has 1 atom stereocenters. The van der Waals surface area contributed by atoms with E-state index in [1.54, 1.807) is 12.3 Å². The monoisotopic (exact) mass is 244 g/mol. The third-order valence-electron chi connectivity index (χ3n) is 3.04. The van der Waals surface area contributed by atoms with E-state index in [9.17, 15) is 4.39 Å². The van der Waals surface area contributed by atoms with Gasteiger partial charge in [0.05, 0.1) is 11.7 Å². The van der Waals surface area contributed by atoms with Gasteiger partial charge in [0.15, 0.2) is 0 Å². The molecule has 2 rings (SSSR count). The fraction of sp³-hybridized carbons (Fsp3) is 0.267. The summed E-state index contributed by atoms with van der Waals surface area (Å²) in [5, 5.41) is 0. The first-order chi connectivity index (χ1) is 8.59. The van der Waals surface area contributed by atoms with Gasteiger partial charge in [-0.15, -0.1) is 0 Å². The molecule has 0 bridgehead atoms. The molecule has 0 aliphatic rings. The fourth-order valence-electron chi connectivity index (χ4n) is 1.87. The second-order valence-electron chi connectivity index (χ2n) is 4.67. The van der Waals surface area contributed by atoms with Crippen molar-refractivity contribution in [2.45, 2.75) is 25.8 Å². The predicted molar refractivity (Wildman–Crippen MR) is 70.8 cm³/mol. The molecule has 94 valence electrons. The smallest absolute Gasteiger partial charge is 0.146 e. The van der Waals surface area contributed by atoms with Gasteiger partial charge < -0.3 is 5.73 Å². The normalized spacial score (nSPS) is 12.7. The van der Waals surface area contributed by atoms with Crippen LogP contribution >= 0.6 is 0 Å². The number of benzene rings is 1. The molecular weight excluding hydrogens is 227 g/mol. The fourth-order valence-corrected chi connectivity index (χ4v) is 1.87. The number of hydrogen-bond donors (Lipinski definition) is 1. The number of rotatable bonds is 3. The molecule has 0 aliphatic carbocycles. The number of aromatic nitrogens is 1. The SMILES string of the molecule is CC(C)c1ccc(C(N)c2ncccc2F)cc1. The van der Waals surface area contributed by atoms with E-state index >= 15 is 0 Å². The molecule has 3 heteroatoms. The van der Waals surface area contributed by atoms with Crippen molar-refractivity contribution < 1.29 is 4.39 Å². The number of hydrogen-bond acceptors (Lipinski definition) is 2. The Morgan fingerprint density at radius 3 is 2.22 bits per heavy atom. The first-order valence-corrected chi connectivity index (χ1v) is 6.05. The van der Waals surface area contributed by atoms with Gasteiger partial charge in [0, 0.05) is 6.20 Å². The van der Waals surface area contributed by atoms with Crippen LogP contribution in [0.5, 0.6) is 0 Å². The van der Waals surface area contributed by atoms with E-state index in [1.807, 2.05) is 24.3 Å². The van der Waals surface area contributed by atoms with Crippen LogP contribution in [0.25, 0.3) is 0 Å². The highest BCUT2D eigenvalue weighted by atomic mass is 19.1. The molecule has 1 unspecified atom stereocenters. The molecule has 0 saturated carbocycles. The number of halogens is 1. The topological polar surface area (TPSA) is 38.9 Å². The number of nitrogens with two attached hydrogens (primary N) is 1. The average molecular weight is 244 g/mol. The summed E-state index contributed by atoms with van der Waals surface area (Å²) in [6, 6.07) is 10.4. The van der Waals surface area contributed by atoms with Crippen molar-refractivity contribution >= 4 is 0 Å². The van der Waals surface area contributed by atoms with Crippen molar-refractivity contribution in [2.75, 3.05) is 0 Å². The zero-order chi connectivity index (χ0) is 13.1. The maximum absolute atomic E-state index is 13.6. The van der Waals surface area contributed by atoms with E-state index in [0.29, 0.717) is 5.92 Å². The third kappa shape index (κ3) is 2.57. The van der Waals surface area contributed by atoms with E-state index in [4.69, 9.17) is 5.73 Å². The van der Waals surface area contributed by atoms with Crippen LogP contribution in [0.3, 0.4) is 0 Å². The van der Waals surface area contributed by atoms with E-state index in [-0.39, 0.29) is 11.5 Å². The zero-order valence-corrected chi connectivity index (χ0v) is 10.6. The van der Waals surface area contributed by atoms with E-state index < -0.39 is 6.04 Å². The lowest BCUT2D eigenvalue weighted by atomic mass is 9.98. The first-order valence-electron chi connectivity index (χ1n) is 6.05. The Kier molecular flexibility index (Phi) is 3.72. The summed E-state index contributed by atoms with van der Waals surface area (Å²) in [5.74, 6) is 0.111. The molecule has 0 saturated heterocycles. The number of pyridine rings is 1. The summed E-state index contributed by atoms with van der Waals surface area (Å²) >= 11 is 0. The lowest BCUT2D eigenvalue weighted by Gasteiger charge is -2.13. The van der Waals surface area contributed by atoms with Gasteiger partial charge in [-0.2, -0.15) is 0 Å². The second-order valence-corrected chi connectivity index (χ2v) is 4.67. The largest absolute Gasteiger partial charge is 0.319 e. The van der Waals surface area contributed by atoms with Crippen molar-refractivity contribution in [3.8, 4) is 0 Å². The quantitative estimate of drug-likeness (QED) is 0.898. The van der Waals surface area contributed by atoms with Gasteiger partial charge in [-0.25, -0.2) is 4.39 Å². The van der Waals surface area contributed by atoms with Crippen molar-refractivity contribution in [1.29, 1.82) is 0 Å². The Labute approximate surface area is 107 Å². The van der Waals surface area contributed by atoms with Crippen molar-refractivity contribution in [3.05, 3.63) is 65.2 Å². The molecule has 1 aromatic heterocycles. The number of nitrogens with zero attached hydrogens (tertiary/aromatic N) is 1. The van der Waals surface area contributed by atoms with Gasteiger partial charge >= 0.3 is 0 Å². The van der Waals surface area contributed by atoms with Crippen molar-refractivity contribution in [3.63, 3.8) is 0 Å². The highest BCUT2D eigenvalue weighted by Gasteiger charge is 2.14. The molecule has 2 N–H and O–H groups in total. The van der Waals surface area contributed by atoms with Crippen molar-refractivity contribution in [2.24, 2.45) is 5.73 Å². The van der Waals surface area contributed by atoms with Gasteiger partial charge in [0.25, 0.3) is 0 Å². The molecular formula is C15H17FN2. The predicted octanol–water partition coefficient (Wildman–Crippen LogP) is 3.39. The van der Waals surface area contributed by atoms with Gasteiger partial charge in [0.2, 0.25) is 0 Å². The van der Waals surface area contributed by atoms with Crippen LogP contribution < -0.4 is 5.73 Å². The second kappa shape index (κ2) is 5.27. The molecule has 0 radical (unpaired) electrons. The summed E-state index contributed by atoms with van der Waals surface area (Å²) in [4.78, 5) is 4.01. The molecule has 2 aromatic rings. The maximum atomic E-state index is 13.6. The lowest BCUT2D eigenvalue weighted by molar-refractivity contribution is 0.586. The standard InChI is InChI=1S/C15H17FN2/c1-10(2)11-5-7-12(8-6-11)14(17)15-13(16)4-3-9-18-15/h3-10,14H,17H2,1-2H3. The average Bonchev–Trinajstić information content (AvgIpc) is 2.38. The lowest BCUT2D eigenvalue weighted by Crippen LogP contribution is -2.15. The first kappa shape index (κ1) is 12.7. The van der Waals surface area contributed by atoms with Crippen LogP contribution in [0.1, 0.15) is 42.6 Å². The van der Waals surface area contributed by atoms with Crippen LogP contribution in [-0.2, 0) is 0 Å². The van der Waals surface area contributed by atoms with E-state index in [0.717, 1.165) is 5.56 Å². The highest BCUT2D eigenvalue weighted by molar-refractivity contribution is 5.31. The minimum absolute atomic E-state index is 0.287. The Bertz CT molecular complexity index is 520. The summed E-state index contributed by atoms with van der Waals surface area (Å²) in [6.45, 7) is 4.26. The molecule has 2 nitrogen and oxygen atoms in total. The third-order valence-corrected chi connectivity index (χ3v) is 3.04. The minimum Gasteiger partial charge on any atom is -0.319 e. The highest BCUT2D eigenvalue weighted by Crippen LogP contribution is 2.22. The molecule has 0 amide bonds. The van der Waals surface area contributed by atoms with E-state index in [2.05, 4.69) is 18.8 Å².